The summed E-state index contributed by atoms with van der Waals surface area (Å²) >= 11 is 2.32. The molecule has 0 aliphatic heterocycles. The molecule has 16 heavy (non-hydrogen) atoms. The summed E-state index contributed by atoms with van der Waals surface area (Å²) in [6, 6.07) is 12.5. The van der Waals surface area contributed by atoms with Crippen LogP contribution in [-0.2, 0) is 0 Å². The molecule has 0 aliphatic rings. The minimum Gasteiger partial charge on any atom is -0.345 e. The molecule has 0 spiro atoms. The Hall–Kier alpha value is -1.36. The fourth-order valence-electron chi connectivity index (χ4n) is 1.76. The van der Waals surface area contributed by atoms with E-state index >= 15 is 0 Å². The lowest BCUT2D eigenvalue weighted by Gasteiger charge is -2.00. The van der Waals surface area contributed by atoms with Crippen molar-refractivity contribution >= 4 is 33.6 Å². The number of pyridine rings is 1. The van der Waals surface area contributed by atoms with E-state index in [0.717, 1.165) is 11.2 Å². The first-order valence-corrected chi connectivity index (χ1v) is 6.10. The lowest BCUT2D eigenvalue weighted by Crippen LogP contribution is -1.81. The monoisotopic (exact) mass is 320 g/mol. The van der Waals surface area contributed by atoms with Crippen molar-refractivity contribution < 1.29 is 0 Å². The number of H-pyrrole nitrogens is 1. The molecule has 0 fully saturated rings. The number of halogens is 1. The fourth-order valence-corrected chi connectivity index (χ4v) is 2.33. The Morgan fingerprint density at radius 2 is 1.88 bits per heavy atom. The second-order valence-corrected chi connectivity index (χ2v) is 4.78. The van der Waals surface area contributed by atoms with E-state index < -0.39 is 0 Å². The molecule has 0 radical (unpaired) electrons. The van der Waals surface area contributed by atoms with Crippen molar-refractivity contribution in [1.82, 2.24) is 9.97 Å². The third-order valence-corrected chi connectivity index (χ3v) is 3.48. The van der Waals surface area contributed by atoms with E-state index in [-0.39, 0.29) is 0 Å². The average molecular weight is 320 g/mol. The number of rotatable bonds is 1. The molecule has 0 unspecified atom stereocenters. The number of hydrogen-bond donors (Lipinski definition) is 1. The van der Waals surface area contributed by atoms with E-state index in [1.165, 1.54) is 14.5 Å². The standard InChI is InChI=1S/C13H9IN2/c14-12-8-16-13-11(12)6-10(7-15-13)9-4-2-1-3-5-9/h1-8H,(H,15,16). The minimum atomic E-state index is 0.948. The van der Waals surface area contributed by atoms with Gasteiger partial charge in [0, 0.05) is 26.9 Å². The summed E-state index contributed by atoms with van der Waals surface area (Å²) in [5.74, 6) is 0. The zero-order valence-corrected chi connectivity index (χ0v) is 10.6. The second-order valence-electron chi connectivity index (χ2n) is 3.62. The summed E-state index contributed by atoms with van der Waals surface area (Å²) in [5.41, 5.74) is 3.31. The molecule has 2 nitrogen and oxygen atoms in total. The predicted molar refractivity (Wildman–Crippen MR) is 74.2 cm³/mol. The molecule has 2 aromatic heterocycles. The zero-order valence-electron chi connectivity index (χ0n) is 8.44. The number of aromatic nitrogens is 2. The Labute approximate surface area is 107 Å². The molecule has 3 aromatic rings. The molecule has 0 bridgehead atoms. The van der Waals surface area contributed by atoms with E-state index in [0.29, 0.717) is 0 Å². The lowest BCUT2D eigenvalue weighted by molar-refractivity contribution is 1.32. The third kappa shape index (κ3) is 1.61. The van der Waals surface area contributed by atoms with Crippen LogP contribution in [0.3, 0.4) is 0 Å². The number of nitrogens with zero attached hydrogens (tertiary/aromatic N) is 1. The van der Waals surface area contributed by atoms with E-state index in [2.05, 4.69) is 50.8 Å². The molecular weight excluding hydrogens is 311 g/mol. The fraction of sp³-hybridized carbons (Fsp3) is 0. The Balaban J connectivity index is 2.22. The Morgan fingerprint density at radius 3 is 2.69 bits per heavy atom. The molecule has 3 heteroatoms. The highest BCUT2D eigenvalue weighted by molar-refractivity contribution is 14.1. The summed E-state index contributed by atoms with van der Waals surface area (Å²) in [6.45, 7) is 0. The van der Waals surface area contributed by atoms with Gasteiger partial charge in [0.1, 0.15) is 5.65 Å². The summed E-state index contributed by atoms with van der Waals surface area (Å²) < 4.78 is 1.21. The maximum absolute atomic E-state index is 4.42. The van der Waals surface area contributed by atoms with Gasteiger partial charge in [0.05, 0.1) is 0 Å². The Bertz CT molecular complexity index is 629. The van der Waals surface area contributed by atoms with E-state index in [9.17, 15) is 0 Å². The summed E-state index contributed by atoms with van der Waals surface area (Å²) in [6.07, 6.45) is 3.89. The van der Waals surface area contributed by atoms with Crippen LogP contribution >= 0.6 is 22.6 Å². The minimum absolute atomic E-state index is 0.948. The van der Waals surface area contributed by atoms with Gasteiger partial charge in [-0.1, -0.05) is 30.3 Å². The van der Waals surface area contributed by atoms with Crippen molar-refractivity contribution in [2.45, 2.75) is 0 Å². The highest BCUT2D eigenvalue weighted by atomic mass is 127. The largest absolute Gasteiger partial charge is 0.345 e. The van der Waals surface area contributed by atoms with E-state index in [4.69, 9.17) is 0 Å². The number of hydrogen-bond acceptors (Lipinski definition) is 1. The van der Waals surface area contributed by atoms with Crippen LogP contribution in [0.4, 0.5) is 0 Å². The number of benzene rings is 1. The van der Waals surface area contributed by atoms with Crippen LogP contribution in [0.15, 0.2) is 48.8 Å². The van der Waals surface area contributed by atoms with Gasteiger partial charge in [-0.2, -0.15) is 0 Å². The van der Waals surface area contributed by atoms with Gasteiger partial charge in [-0.15, -0.1) is 0 Å². The molecular formula is C13H9IN2. The van der Waals surface area contributed by atoms with Gasteiger partial charge in [-0.05, 0) is 34.2 Å². The zero-order chi connectivity index (χ0) is 11.0. The molecule has 0 saturated heterocycles. The van der Waals surface area contributed by atoms with Gasteiger partial charge in [-0.25, -0.2) is 4.98 Å². The first-order valence-electron chi connectivity index (χ1n) is 5.02. The summed E-state index contributed by atoms with van der Waals surface area (Å²) in [7, 11) is 0. The van der Waals surface area contributed by atoms with Gasteiger partial charge in [0.25, 0.3) is 0 Å². The quantitative estimate of drug-likeness (QED) is 0.678. The van der Waals surface area contributed by atoms with E-state index in [1.54, 1.807) is 0 Å². The summed E-state index contributed by atoms with van der Waals surface area (Å²) in [5, 5.41) is 1.18. The van der Waals surface area contributed by atoms with Crippen molar-refractivity contribution in [3.63, 3.8) is 0 Å². The molecule has 0 atom stereocenters. The highest BCUT2D eigenvalue weighted by Gasteiger charge is 2.04. The topological polar surface area (TPSA) is 28.7 Å². The van der Waals surface area contributed by atoms with Crippen LogP contribution in [0.1, 0.15) is 0 Å². The molecule has 0 amide bonds. The van der Waals surface area contributed by atoms with Crippen LogP contribution in [0, 0.1) is 3.57 Å². The van der Waals surface area contributed by atoms with Crippen LogP contribution < -0.4 is 0 Å². The second kappa shape index (κ2) is 3.90. The SMILES string of the molecule is Ic1c[nH]c2ncc(-c3ccccc3)cc12. The molecule has 0 saturated carbocycles. The average Bonchev–Trinajstić information content (AvgIpc) is 2.72. The highest BCUT2D eigenvalue weighted by Crippen LogP contribution is 2.24. The molecule has 3 rings (SSSR count). The van der Waals surface area contributed by atoms with Crippen molar-refractivity contribution in [2.75, 3.05) is 0 Å². The van der Waals surface area contributed by atoms with Gasteiger partial charge < -0.3 is 4.98 Å². The molecule has 78 valence electrons. The predicted octanol–water partition coefficient (Wildman–Crippen LogP) is 3.83. The molecule has 1 aromatic carbocycles. The smallest absolute Gasteiger partial charge is 0.138 e. The lowest BCUT2D eigenvalue weighted by atomic mass is 10.1. The number of fused-ring (bicyclic) bond motifs is 1. The van der Waals surface area contributed by atoms with Gasteiger partial charge >= 0.3 is 0 Å². The van der Waals surface area contributed by atoms with Crippen LogP contribution in [-0.4, -0.2) is 9.97 Å². The van der Waals surface area contributed by atoms with Crippen molar-refractivity contribution in [3.8, 4) is 11.1 Å². The molecule has 0 aliphatic carbocycles. The van der Waals surface area contributed by atoms with Gasteiger partial charge in [-0.3, -0.25) is 0 Å². The van der Waals surface area contributed by atoms with Crippen LogP contribution in [0.5, 0.6) is 0 Å². The Kier molecular flexibility index (Phi) is 2.40. The summed E-state index contributed by atoms with van der Waals surface area (Å²) in [4.78, 5) is 7.57. The maximum atomic E-state index is 4.42. The van der Waals surface area contributed by atoms with Crippen molar-refractivity contribution in [1.29, 1.82) is 0 Å². The first kappa shape index (κ1) is 9.84. The first-order chi connectivity index (χ1) is 7.84. The number of aromatic amines is 1. The van der Waals surface area contributed by atoms with Crippen LogP contribution in [0.2, 0.25) is 0 Å². The Morgan fingerprint density at radius 1 is 1.06 bits per heavy atom. The maximum Gasteiger partial charge on any atom is 0.138 e. The molecule has 1 N–H and O–H groups in total. The van der Waals surface area contributed by atoms with Crippen molar-refractivity contribution in [2.24, 2.45) is 0 Å². The van der Waals surface area contributed by atoms with Gasteiger partial charge in [0.2, 0.25) is 0 Å². The molecule has 2 heterocycles. The van der Waals surface area contributed by atoms with E-state index in [1.807, 2.05) is 30.6 Å². The van der Waals surface area contributed by atoms with Crippen molar-refractivity contribution in [3.05, 3.63) is 52.4 Å². The number of nitrogens with one attached hydrogen (secondary N) is 1. The third-order valence-electron chi connectivity index (χ3n) is 2.59. The normalized spacial score (nSPS) is 10.8. The van der Waals surface area contributed by atoms with Crippen LogP contribution in [0.25, 0.3) is 22.2 Å². The van der Waals surface area contributed by atoms with Gasteiger partial charge in [0.15, 0.2) is 0 Å².